The second-order valence-electron chi connectivity index (χ2n) is 9.21. The van der Waals surface area contributed by atoms with Gasteiger partial charge in [0, 0.05) is 25.0 Å². The van der Waals surface area contributed by atoms with Crippen LogP contribution < -0.4 is 21.4 Å². The van der Waals surface area contributed by atoms with Crippen molar-refractivity contribution in [2.45, 2.75) is 64.3 Å². The van der Waals surface area contributed by atoms with Gasteiger partial charge in [-0.25, -0.2) is 4.98 Å². The Kier molecular flexibility index (Phi) is 7.67. The van der Waals surface area contributed by atoms with E-state index < -0.39 is 0 Å². The van der Waals surface area contributed by atoms with E-state index in [9.17, 15) is 0 Å². The third-order valence-electron chi connectivity index (χ3n) is 6.24. The van der Waals surface area contributed by atoms with Crippen LogP contribution in [0, 0.1) is 0 Å². The summed E-state index contributed by atoms with van der Waals surface area (Å²) >= 11 is 0. The minimum atomic E-state index is 0.373. The molecule has 1 fully saturated rings. The normalized spacial score (nSPS) is 16.0. The predicted molar refractivity (Wildman–Crippen MR) is 138 cm³/mol. The van der Waals surface area contributed by atoms with Gasteiger partial charge < -0.3 is 10.6 Å². The topological polar surface area (TPSA) is 116 Å². The van der Waals surface area contributed by atoms with E-state index in [4.69, 9.17) is 10.7 Å². The highest BCUT2D eigenvalue weighted by Gasteiger charge is 2.18. The molecule has 0 bridgehead atoms. The highest BCUT2D eigenvalue weighted by Crippen LogP contribution is 2.22. The molecule has 0 aliphatic heterocycles. The minimum absolute atomic E-state index is 0.373. The molecule has 178 valence electrons. The summed E-state index contributed by atoms with van der Waals surface area (Å²) in [5, 5.41) is 14.7. The van der Waals surface area contributed by atoms with Crippen LogP contribution in [0.4, 0.5) is 11.6 Å². The van der Waals surface area contributed by atoms with E-state index in [1.165, 1.54) is 25.7 Å². The number of nitrogens with two attached hydrogens (primary N) is 1. The smallest absolute Gasteiger partial charge is 0.275 e. The molecule has 1 aliphatic carbocycles. The molecule has 5 N–H and O–H groups in total. The second-order valence-corrected chi connectivity index (χ2v) is 9.21. The van der Waals surface area contributed by atoms with Gasteiger partial charge in [0.15, 0.2) is 5.82 Å². The lowest BCUT2D eigenvalue weighted by Gasteiger charge is -2.11. The first kappa shape index (κ1) is 23.6. The molecule has 34 heavy (non-hydrogen) atoms. The SMILES string of the molecule is CN/C=C(\C(N)=[NH+]C1CCCCCC1)c1cnc2ccc(Nc3cc(C(C)C)cnn3)nc2c1. The summed E-state index contributed by atoms with van der Waals surface area (Å²) in [6.07, 6.45) is 13.0. The highest BCUT2D eigenvalue weighted by atomic mass is 15.2. The fourth-order valence-electron chi connectivity index (χ4n) is 4.30. The zero-order valence-electron chi connectivity index (χ0n) is 20.3. The second kappa shape index (κ2) is 11.0. The van der Waals surface area contributed by atoms with Gasteiger partial charge in [0.2, 0.25) is 0 Å². The Morgan fingerprint density at radius 3 is 2.59 bits per heavy atom. The van der Waals surface area contributed by atoms with Gasteiger partial charge in [0.1, 0.15) is 5.82 Å². The number of anilines is 2. The first-order valence-electron chi connectivity index (χ1n) is 12.2. The standard InChI is InChI=1S/C26H34N8/c1-17(2)18-13-25(34-30-15-18)33-24-11-10-22-23(32-24)12-19(14-29-22)21(16-28-3)26(27)31-20-8-6-4-5-7-9-20/h10-17,20,28H,4-9H2,1-3H3,(H2,27,31)(H,32,33,34)/p+1/b21-16-. The van der Waals surface area contributed by atoms with Crippen LogP contribution >= 0.6 is 0 Å². The predicted octanol–water partition coefficient (Wildman–Crippen LogP) is 3.01. The van der Waals surface area contributed by atoms with Crippen molar-refractivity contribution < 1.29 is 4.99 Å². The third kappa shape index (κ3) is 5.87. The van der Waals surface area contributed by atoms with Crippen molar-refractivity contribution >= 4 is 34.1 Å². The van der Waals surface area contributed by atoms with E-state index >= 15 is 0 Å². The summed E-state index contributed by atoms with van der Waals surface area (Å²) in [5.74, 6) is 2.40. The van der Waals surface area contributed by atoms with E-state index in [0.717, 1.165) is 40.6 Å². The summed E-state index contributed by atoms with van der Waals surface area (Å²) in [7, 11) is 1.87. The quantitative estimate of drug-likeness (QED) is 0.244. The van der Waals surface area contributed by atoms with Gasteiger partial charge in [-0.2, -0.15) is 5.10 Å². The average molecular weight is 460 g/mol. The van der Waals surface area contributed by atoms with E-state index in [1.807, 2.05) is 43.7 Å². The largest absolute Gasteiger partial charge is 0.393 e. The molecular formula is C26H35N8+. The first-order chi connectivity index (χ1) is 16.5. The summed E-state index contributed by atoms with van der Waals surface area (Å²) in [4.78, 5) is 13.0. The van der Waals surface area contributed by atoms with Crippen molar-refractivity contribution in [2.75, 3.05) is 12.4 Å². The van der Waals surface area contributed by atoms with E-state index in [-0.39, 0.29) is 0 Å². The molecule has 1 aliphatic rings. The molecule has 1 saturated carbocycles. The van der Waals surface area contributed by atoms with Crippen molar-refractivity contribution in [3.8, 4) is 0 Å². The molecule has 0 aromatic carbocycles. The van der Waals surface area contributed by atoms with Gasteiger partial charge >= 0.3 is 0 Å². The van der Waals surface area contributed by atoms with Gasteiger partial charge in [-0.3, -0.25) is 15.7 Å². The molecule has 3 aromatic rings. The van der Waals surface area contributed by atoms with Gasteiger partial charge in [-0.1, -0.05) is 26.7 Å². The van der Waals surface area contributed by atoms with E-state index in [2.05, 4.69) is 44.7 Å². The Labute approximate surface area is 201 Å². The van der Waals surface area contributed by atoms with Crippen LogP contribution in [0.3, 0.4) is 0 Å². The van der Waals surface area contributed by atoms with Crippen molar-refractivity contribution in [3.05, 3.63) is 54.0 Å². The van der Waals surface area contributed by atoms with Crippen LogP contribution in [0.15, 0.2) is 42.9 Å². The minimum Gasteiger partial charge on any atom is -0.393 e. The number of nitrogens with one attached hydrogen (secondary N) is 3. The molecule has 8 heteroatoms. The summed E-state index contributed by atoms with van der Waals surface area (Å²) < 4.78 is 0. The maximum Gasteiger partial charge on any atom is 0.275 e. The Hall–Kier alpha value is -3.55. The number of pyridine rings is 2. The zero-order valence-corrected chi connectivity index (χ0v) is 20.3. The van der Waals surface area contributed by atoms with E-state index in [0.29, 0.717) is 29.4 Å². The number of fused-ring (bicyclic) bond motifs is 1. The maximum absolute atomic E-state index is 6.55. The number of rotatable bonds is 7. The molecule has 4 rings (SSSR count). The third-order valence-corrected chi connectivity index (χ3v) is 6.24. The molecule has 0 unspecified atom stereocenters. The lowest BCUT2D eigenvalue weighted by Crippen LogP contribution is -2.81. The lowest BCUT2D eigenvalue weighted by molar-refractivity contribution is -0.504. The molecule has 0 spiro atoms. The Morgan fingerprint density at radius 1 is 1.06 bits per heavy atom. The highest BCUT2D eigenvalue weighted by molar-refractivity contribution is 6.19. The van der Waals surface area contributed by atoms with Gasteiger partial charge in [-0.15, -0.1) is 5.10 Å². The molecule has 8 nitrogen and oxygen atoms in total. The Morgan fingerprint density at radius 2 is 1.85 bits per heavy atom. The van der Waals surface area contributed by atoms with Crippen LogP contribution in [0.5, 0.6) is 0 Å². The van der Waals surface area contributed by atoms with Crippen molar-refractivity contribution in [2.24, 2.45) is 5.73 Å². The Bertz CT molecular complexity index is 1180. The monoisotopic (exact) mass is 459 g/mol. The number of aromatic nitrogens is 4. The molecule has 3 aromatic heterocycles. The number of amidine groups is 1. The summed E-state index contributed by atoms with van der Waals surface area (Å²) in [5.41, 5.74) is 11.1. The molecule has 0 amide bonds. The zero-order chi connectivity index (χ0) is 23.9. The maximum atomic E-state index is 6.55. The number of hydrogen-bond donors (Lipinski definition) is 4. The van der Waals surface area contributed by atoms with Crippen LogP contribution in [-0.4, -0.2) is 39.1 Å². The number of nitrogens with zero attached hydrogens (tertiary/aromatic N) is 4. The van der Waals surface area contributed by atoms with Gasteiger partial charge in [0.25, 0.3) is 5.84 Å². The van der Waals surface area contributed by atoms with Gasteiger partial charge in [0.05, 0.1) is 28.8 Å². The fourth-order valence-corrected chi connectivity index (χ4v) is 4.30. The van der Waals surface area contributed by atoms with Crippen LogP contribution in [-0.2, 0) is 0 Å². The molecule has 0 radical (unpaired) electrons. The molecule has 3 heterocycles. The van der Waals surface area contributed by atoms with Crippen molar-refractivity contribution in [1.29, 1.82) is 0 Å². The Balaban J connectivity index is 1.61. The first-order valence-corrected chi connectivity index (χ1v) is 12.2. The van der Waals surface area contributed by atoms with Crippen LogP contribution in [0.2, 0.25) is 0 Å². The number of hydrogen-bond acceptors (Lipinski definition) is 6. The van der Waals surface area contributed by atoms with Crippen LogP contribution in [0.25, 0.3) is 16.6 Å². The average Bonchev–Trinajstić information content (AvgIpc) is 3.11. The van der Waals surface area contributed by atoms with Crippen LogP contribution in [0.1, 0.15) is 69.4 Å². The summed E-state index contributed by atoms with van der Waals surface area (Å²) in [6.45, 7) is 4.26. The van der Waals surface area contributed by atoms with Crippen molar-refractivity contribution in [3.63, 3.8) is 0 Å². The fraction of sp³-hybridized carbons (Fsp3) is 0.423. The molecular weight excluding hydrogens is 424 g/mol. The van der Waals surface area contributed by atoms with Gasteiger partial charge in [-0.05, 0) is 61.4 Å². The van der Waals surface area contributed by atoms with E-state index in [1.54, 1.807) is 6.20 Å². The molecule has 0 atom stereocenters. The molecule has 0 saturated heterocycles. The lowest BCUT2D eigenvalue weighted by atomic mass is 10.1. The summed E-state index contributed by atoms with van der Waals surface area (Å²) in [6, 6.07) is 8.28. The van der Waals surface area contributed by atoms with Crippen molar-refractivity contribution in [1.82, 2.24) is 25.5 Å².